The molecule has 1 aliphatic rings. The Balaban J connectivity index is 1.97. The highest BCUT2D eigenvalue weighted by Crippen LogP contribution is 2.22. The van der Waals surface area contributed by atoms with Gasteiger partial charge in [-0.1, -0.05) is 6.92 Å². The first-order valence-corrected chi connectivity index (χ1v) is 7.20. The molecule has 2 unspecified atom stereocenters. The Morgan fingerprint density at radius 3 is 2.75 bits per heavy atom. The largest absolute Gasteiger partial charge is 0.369 e. The molecule has 4 nitrogen and oxygen atoms in total. The van der Waals surface area contributed by atoms with Gasteiger partial charge in [0.1, 0.15) is 0 Å². The van der Waals surface area contributed by atoms with Crippen LogP contribution in [-0.2, 0) is 9.47 Å². The van der Waals surface area contributed by atoms with Crippen LogP contribution in [0.3, 0.4) is 0 Å². The minimum atomic E-state index is -0.110. The third kappa shape index (κ3) is 3.72. The summed E-state index contributed by atoms with van der Waals surface area (Å²) in [5, 5.41) is 8.84. The van der Waals surface area contributed by atoms with Crippen molar-refractivity contribution in [2.75, 3.05) is 25.1 Å². The zero-order chi connectivity index (χ0) is 14.4. The van der Waals surface area contributed by atoms with Crippen LogP contribution in [0.4, 0.5) is 5.69 Å². The van der Waals surface area contributed by atoms with Gasteiger partial charge in [0.15, 0.2) is 6.29 Å². The maximum atomic E-state index is 8.84. The van der Waals surface area contributed by atoms with Gasteiger partial charge in [-0.05, 0) is 43.5 Å². The number of hydrogen-bond donors (Lipinski definition) is 0. The minimum absolute atomic E-state index is 0.110. The summed E-state index contributed by atoms with van der Waals surface area (Å²) in [6, 6.07) is 9.89. The molecule has 1 aromatic carbocycles. The first kappa shape index (κ1) is 14.8. The summed E-state index contributed by atoms with van der Waals surface area (Å²) >= 11 is 0. The highest BCUT2D eigenvalue weighted by molar-refractivity contribution is 5.50. The second kappa shape index (κ2) is 7.28. The van der Waals surface area contributed by atoms with Crippen molar-refractivity contribution < 1.29 is 9.47 Å². The van der Waals surface area contributed by atoms with Crippen LogP contribution in [0.5, 0.6) is 0 Å². The lowest BCUT2D eigenvalue weighted by Crippen LogP contribution is -2.41. The Kier molecular flexibility index (Phi) is 5.40. The van der Waals surface area contributed by atoms with Gasteiger partial charge in [0, 0.05) is 25.9 Å². The Hall–Kier alpha value is -1.57. The number of nitriles is 1. The van der Waals surface area contributed by atoms with Crippen molar-refractivity contribution in [1.29, 1.82) is 5.26 Å². The summed E-state index contributed by atoms with van der Waals surface area (Å²) in [5.74, 6) is 0. The fourth-order valence-electron chi connectivity index (χ4n) is 2.56. The maximum absolute atomic E-state index is 8.84. The molecule has 1 fully saturated rings. The summed E-state index contributed by atoms with van der Waals surface area (Å²) in [4.78, 5) is 2.32. The van der Waals surface area contributed by atoms with Gasteiger partial charge in [-0.25, -0.2) is 0 Å². The van der Waals surface area contributed by atoms with Crippen LogP contribution in [0.25, 0.3) is 0 Å². The Morgan fingerprint density at radius 2 is 2.15 bits per heavy atom. The van der Waals surface area contributed by atoms with Gasteiger partial charge in [-0.2, -0.15) is 5.26 Å². The predicted octanol–water partition coefficient (Wildman–Crippen LogP) is 2.93. The van der Waals surface area contributed by atoms with Gasteiger partial charge >= 0.3 is 0 Å². The molecule has 0 saturated carbocycles. The Morgan fingerprint density at radius 1 is 1.40 bits per heavy atom. The molecular formula is C16H22N2O2. The van der Waals surface area contributed by atoms with E-state index in [9.17, 15) is 0 Å². The van der Waals surface area contributed by atoms with Gasteiger partial charge in [0.2, 0.25) is 0 Å². The number of ether oxygens (including phenoxy) is 2. The number of piperidine rings is 1. The number of anilines is 1. The van der Waals surface area contributed by atoms with Crippen molar-refractivity contribution in [3.8, 4) is 6.07 Å². The fourth-order valence-corrected chi connectivity index (χ4v) is 2.56. The van der Waals surface area contributed by atoms with E-state index in [1.807, 2.05) is 24.3 Å². The van der Waals surface area contributed by atoms with Crippen molar-refractivity contribution in [1.82, 2.24) is 0 Å². The Bertz CT molecular complexity index is 449. The van der Waals surface area contributed by atoms with Gasteiger partial charge in [0.25, 0.3) is 0 Å². The van der Waals surface area contributed by atoms with E-state index >= 15 is 0 Å². The molecule has 108 valence electrons. The SMILES string of the molecule is CCC(OC)OC1CCCN(c2ccc(C#N)cc2)C1. The first-order chi connectivity index (χ1) is 9.76. The maximum Gasteiger partial charge on any atom is 0.157 e. The van der Waals surface area contributed by atoms with E-state index in [1.165, 1.54) is 0 Å². The normalized spacial score (nSPS) is 20.4. The summed E-state index contributed by atoms with van der Waals surface area (Å²) in [6.45, 7) is 3.98. The molecule has 1 saturated heterocycles. The number of benzene rings is 1. The van der Waals surface area contributed by atoms with Crippen LogP contribution >= 0.6 is 0 Å². The highest BCUT2D eigenvalue weighted by atomic mass is 16.7. The van der Waals surface area contributed by atoms with Crippen LogP contribution < -0.4 is 4.90 Å². The van der Waals surface area contributed by atoms with Crippen molar-refractivity contribution in [2.45, 2.75) is 38.6 Å². The van der Waals surface area contributed by atoms with Crippen molar-refractivity contribution in [2.24, 2.45) is 0 Å². The van der Waals surface area contributed by atoms with E-state index in [0.717, 1.165) is 38.0 Å². The second-order valence-corrected chi connectivity index (χ2v) is 5.08. The summed E-state index contributed by atoms with van der Waals surface area (Å²) in [6.07, 6.45) is 3.16. The quantitative estimate of drug-likeness (QED) is 0.774. The van der Waals surface area contributed by atoms with Crippen LogP contribution in [0, 0.1) is 11.3 Å². The molecular weight excluding hydrogens is 252 g/mol. The molecule has 0 N–H and O–H groups in total. The first-order valence-electron chi connectivity index (χ1n) is 7.20. The van der Waals surface area contributed by atoms with Crippen molar-refractivity contribution >= 4 is 5.69 Å². The second-order valence-electron chi connectivity index (χ2n) is 5.08. The zero-order valence-electron chi connectivity index (χ0n) is 12.2. The topological polar surface area (TPSA) is 45.5 Å². The molecule has 2 rings (SSSR count). The number of hydrogen-bond acceptors (Lipinski definition) is 4. The Labute approximate surface area is 120 Å². The molecule has 1 heterocycles. The number of methoxy groups -OCH3 is 1. The van der Waals surface area contributed by atoms with Crippen molar-refractivity contribution in [3.63, 3.8) is 0 Å². The monoisotopic (exact) mass is 274 g/mol. The lowest BCUT2D eigenvalue weighted by Gasteiger charge is -2.35. The average Bonchev–Trinajstić information content (AvgIpc) is 2.53. The third-order valence-corrected chi connectivity index (χ3v) is 3.68. The zero-order valence-corrected chi connectivity index (χ0v) is 12.2. The smallest absolute Gasteiger partial charge is 0.157 e. The molecule has 1 aliphatic heterocycles. The summed E-state index contributed by atoms with van der Waals surface area (Å²) in [7, 11) is 1.69. The number of nitrogens with zero attached hydrogens (tertiary/aromatic N) is 2. The van der Waals surface area contributed by atoms with E-state index in [-0.39, 0.29) is 12.4 Å². The molecule has 0 radical (unpaired) electrons. The van der Waals surface area contributed by atoms with Gasteiger partial charge < -0.3 is 14.4 Å². The molecule has 0 aliphatic carbocycles. The average molecular weight is 274 g/mol. The number of rotatable bonds is 5. The lowest BCUT2D eigenvalue weighted by atomic mass is 10.1. The van der Waals surface area contributed by atoms with E-state index in [4.69, 9.17) is 14.7 Å². The minimum Gasteiger partial charge on any atom is -0.369 e. The van der Waals surface area contributed by atoms with Crippen LogP contribution in [0.15, 0.2) is 24.3 Å². The van der Waals surface area contributed by atoms with E-state index < -0.39 is 0 Å². The third-order valence-electron chi connectivity index (χ3n) is 3.68. The molecule has 0 amide bonds. The molecule has 0 aromatic heterocycles. The molecule has 20 heavy (non-hydrogen) atoms. The highest BCUT2D eigenvalue weighted by Gasteiger charge is 2.23. The van der Waals surface area contributed by atoms with Crippen LogP contribution in [0.2, 0.25) is 0 Å². The van der Waals surface area contributed by atoms with Gasteiger partial charge in [0.05, 0.1) is 17.7 Å². The van der Waals surface area contributed by atoms with E-state index in [2.05, 4.69) is 17.9 Å². The van der Waals surface area contributed by atoms with Crippen LogP contribution in [-0.4, -0.2) is 32.6 Å². The lowest BCUT2D eigenvalue weighted by molar-refractivity contribution is -0.157. The predicted molar refractivity (Wildman–Crippen MR) is 78.6 cm³/mol. The van der Waals surface area contributed by atoms with Gasteiger partial charge in [-0.3, -0.25) is 0 Å². The van der Waals surface area contributed by atoms with E-state index in [1.54, 1.807) is 7.11 Å². The molecule has 0 spiro atoms. The fraction of sp³-hybridized carbons (Fsp3) is 0.562. The molecule has 1 aromatic rings. The van der Waals surface area contributed by atoms with E-state index in [0.29, 0.717) is 5.56 Å². The van der Waals surface area contributed by atoms with Gasteiger partial charge in [-0.15, -0.1) is 0 Å². The summed E-state index contributed by atoms with van der Waals surface area (Å²) in [5.41, 5.74) is 1.85. The summed E-state index contributed by atoms with van der Waals surface area (Å²) < 4.78 is 11.3. The molecule has 0 bridgehead atoms. The van der Waals surface area contributed by atoms with Crippen LogP contribution in [0.1, 0.15) is 31.7 Å². The molecule has 2 atom stereocenters. The standard InChI is InChI=1S/C16H22N2O2/c1-3-16(19-2)20-15-5-4-10-18(12-15)14-8-6-13(11-17)7-9-14/h6-9,15-16H,3-5,10,12H2,1-2H3. The molecule has 4 heteroatoms. The van der Waals surface area contributed by atoms with Crippen molar-refractivity contribution in [3.05, 3.63) is 29.8 Å².